The summed E-state index contributed by atoms with van der Waals surface area (Å²) in [5, 5.41) is 6.95. The highest BCUT2D eigenvalue weighted by Gasteiger charge is 2.31. The Hall–Kier alpha value is -2.28. The molecule has 3 heterocycles. The molecular formula is C16H21N5O2. The molecule has 1 fully saturated rings. The van der Waals surface area contributed by atoms with Gasteiger partial charge in [-0.1, -0.05) is 19.0 Å². The number of likely N-dealkylation sites (tertiary alicyclic amines) is 1. The molecule has 1 amide bonds. The van der Waals surface area contributed by atoms with Crippen LogP contribution in [0, 0.1) is 0 Å². The Labute approximate surface area is 135 Å². The topological polar surface area (TPSA) is 84.2 Å². The number of hydrogen-bond acceptors (Lipinski definition) is 6. The Morgan fingerprint density at radius 1 is 1.52 bits per heavy atom. The molecule has 23 heavy (non-hydrogen) atoms. The fourth-order valence-corrected chi connectivity index (χ4v) is 2.75. The first kappa shape index (κ1) is 15.6. The van der Waals surface area contributed by atoms with Gasteiger partial charge in [0.1, 0.15) is 0 Å². The van der Waals surface area contributed by atoms with Gasteiger partial charge in [-0.3, -0.25) is 14.7 Å². The standard InChI is InChI=1S/C16H21N5O2/c1-11(2)16-19-15(20-23-16)13-6-4-8-21(13)10-14(22)18-12-5-3-7-17-9-12/h3,5,7,9,11,13H,4,6,8,10H2,1-2H3,(H,18,22)/t13-/m0/s1. The summed E-state index contributed by atoms with van der Waals surface area (Å²) in [6.07, 6.45) is 5.27. The summed E-state index contributed by atoms with van der Waals surface area (Å²) in [4.78, 5) is 22.8. The van der Waals surface area contributed by atoms with Crippen LogP contribution < -0.4 is 5.32 Å². The van der Waals surface area contributed by atoms with Crippen molar-refractivity contribution < 1.29 is 9.32 Å². The van der Waals surface area contributed by atoms with E-state index in [4.69, 9.17) is 4.52 Å². The summed E-state index contributed by atoms with van der Waals surface area (Å²) in [7, 11) is 0. The van der Waals surface area contributed by atoms with Crippen LogP contribution in [-0.4, -0.2) is 39.0 Å². The highest BCUT2D eigenvalue weighted by atomic mass is 16.5. The molecule has 0 spiro atoms. The van der Waals surface area contributed by atoms with Gasteiger partial charge in [0.15, 0.2) is 5.82 Å². The minimum absolute atomic E-state index is 0.0471. The zero-order chi connectivity index (χ0) is 16.2. The molecule has 2 aromatic rings. The van der Waals surface area contributed by atoms with Gasteiger partial charge < -0.3 is 9.84 Å². The van der Waals surface area contributed by atoms with Crippen molar-refractivity contribution in [1.82, 2.24) is 20.0 Å². The van der Waals surface area contributed by atoms with E-state index in [2.05, 4.69) is 25.3 Å². The maximum absolute atomic E-state index is 12.2. The number of pyridine rings is 1. The summed E-state index contributed by atoms with van der Waals surface area (Å²) in [6, 6.07) is 3.66. The maximum atomic E-state index is 12.2. The molecular weight excluding hydrogens is 294 g/mol. The Bertz CT molecular complexity index is 656. The minimum Gasteiger partial charge on any atom is -0.339 e. The van der Waals surface area contributed by atoms with E-state index in [0.29, 0.717) is 23.9 Å². The average molecular weight is 315 g/mol. The number of nitrogens with zero attached hydrogens (tertiary/aromatic N) is 4. The molecule has 3 rings (SSSR count). The fraction of sp³-hybridized carbons (Fsp3) is 0.500. The lowest BCUT2D eigenvalue weighted by Gasteiger charge is -2.21. The zero-order valence-electron chi connectivity index (χ0n) is 13.4. The van der Waals surface area contributed by atoms with Gasteiger partial charge in [-0.05, 0) is 31.5 Å². The largest absolute Gasteiger partial charge is 0.339 e. The molecule has 1 aliphatic heterocycles. The first-order valence-electron chi connectivity index (χ1n) is 7.91. The molecule has 1 atom stereocenters. The highest BCUT2D eigenvalue weighted by Crippen LogP contribution is 2.30. The van der Waals surface area contributed by atoms with Crippen molar-refractivity contribution >= 4 is 11.6 Å². The molecule has 1 N–H and O–H groups in total. The van der Waals surface area contributed by atoms with E-state index in [1.165, 1.54) is 0 Å². The van der Waals surface area contributed by atoms with Crippen molar-refractivity contribution in [2.45, 2.75) is 38.6 Å². The number of nitrogens with one attached hydrogen (secondary N) is 1. The van der Waals surface area contributed by atoms with Gasteiger partial charge in [0.05, 0.1) is 24.5 Å². The number of carbonyl (C=O) groups is 1. The van der Waals surface area contributed by atoms with E-state index in [1.807, 2.05) is 19.9 Å². The van der Waals surface area contributed by atoms with Gasteiger partial charge in [0.25, 0.3) is 0 Å². The lowest BCUT2D eigenvalue weighted by atomic mass is 10.2. The number of carbonyl (C=O) groups excluding carboxylic acids is 1. The average Bonchev–Trinajstić information content (AvgIpc) is 3.16. The van der Waals surface area contributed by atoms with E-state index < -0.39 is 0 Å². The quantitative estimate of drug-likeness (QED) is 0.912. The van der Waals surface area contributed by atoms with Crippen LogP contribution in [0.2, 0.25) is 0 Å². The van der Waals surface area contributed by atoms with Crippen molar-refractivity contribution in [2.24, 2.45) is 0 Å². The van der Waals surface area contributed by atoms with E-state index in [9.17, 15) is 4.79 Å². The number of hydrogen-bond donors (Lipinski definition) is 1. The van der Waals surface area contributed by atoms with E-state index in [-0.39, 0.29) is 17.9 Å². The Morgan fingerprint density at radius 3 is 3.09 bits per heavy atom. The Morgan fingerprint density at radius 2 is 2.39 bits per heavy atom. The molecule has 1 saturated heterocycles. The van der Waals surface area contributed by atoms with Crippen LogP contribution in [0.25, 0.3) is 0 Å². The van der Waals surface area contributed by atoms with Crippen LogP contribution >= 0.6 is 0 Å². The van der Waals surface area contributed by atoms with Gasteiger partial charge in [0, 0.05) is 12.1 Å². The van der Waals surface area contributed by atoms with Gasteiger partial charge in [-0.15, -0.1) is 0 Å². The zero-order valence-corrected chi connectivity index (χ0v) is 13.4. The number of anilines is 1. The first-order chi connectivity index (χ1) is 11.1. The number of aromatic nitrogens is 3. The number of amides is 1. The van der Waals surface area contributed by atoms with Crippen molar-refractivity contribution in [2.75, 3.05) is 18.4 Å². The predicted molar refractivity (Wildman–Crippen MR) is 84.8 cm³/mol. The third kappa shape index (κ3) is 3.73. The van der Waals surface area contributed by atoms with Gasteiger partial charge in [0.2, 0.25) is 11.8 Å². The normalized spacial score (nSPS) is 18.5. The fourth-order valence-electron chi connectivity index (χ4n) is 2.75. The van der Waals surface area contributed by atoms with Crippen molar-refractivity contribution in [3.8, 4) is 0 Å². The maximum Gasteiger partial charge on any atom is 0.238 e. The molecule has 0 aromatic carbocycles. The second-order valence-corrected chi connectivity index (χ2v) is 6.06. The van der Waals surface area contributed by atoms with Gasteiger partial charge in [-0.25, -0.2) is 0 Å². The van der Waals surface area contributed by atoms with Crippen LogP contribution in [-0.2, 0) is 4.79 Å². The highest BCUT2D eigenvalue weighted by molar-refractivity contribution is 5.92. The van der Waals surface area contributed by atoms with E-state index in [0.717, 1.165) is 19.4 Å². The van der Waals surface area contributed by atoms with Crippen LogP contribution in [0.1, 0.15) is 50.4 Å². The summed E-state index contributed by atoms with van der Waals surface area (Å²) in [5.74, 6) is 1.48. The molecule has 7 nitrogen and oxygen atoms in total. The minimum atomic E-state index is -0.0579. The van der Waals surface area contributed by atoms with Crippen LogP contribution in [0.3, 0.4) is 0 Å². The first-order valence-corrected chi connectivity index (χ1v) is 7.91. The smallest absolute Gasteiger partial charge is 0.238 e. The van der Waals surface area contributed by atoms with Gasteiger partial charge >= 0.3 is 0 Å². The summed E-state index contributed by atoms with van der Waals surface area (Å²) in [5.41, 5.74) is 0.704. The molecule has 0 radical (unpaired) electrons. The molecule has 0 aliphatic carbocycles. The molecule has 2 aromatic heterocycles. The van der Waals surface area contributed by atoms with Crippen LogP contribution in [0.5, 0.6) is 0 Å². The van der Waals surface area contributed by atoms with Gasteiger partial charge in [-0.2, -0.15) is 4.98 Å². The summed E-state index contributed by atoms with van der Waals surface area (Å²) < 4.78 is 5.29. The van der Waals surface area contributed by atoms with Crippen LogP contribution in [0.4, 0.5) is 5.69 Å². The lowest BCUT2D eigenvalue weighted by molar-refractivity contribution is -0.117. The predicted octanol–water partition coefficient (Wildman–Crippen LogP) is 2.36. The molecule has 1 aliphatic rings. The molecule has 0 saturated carbocycles. The summed E-state index contributed by atoms with van der Waals surface area (Å²) >= 11 is 0. The molecule has 0 unspecified atom stereocenters. The third-order valence-electron chi connectivity index (χ3n) is 3.91. The van der Waals surface area contributed by atoms with Crippen molar-refractivity contribution in [3.63, 3.8) is 0 Å². The second-order valence-electron chi connectivity index (χ2n) is 6.06. The lowest BCUT2D eigenvalue weighted by Crippen LogP contribution is -2.33. The van der Waals surface area contributed by atoms with E-state index >= 15 is 0 Å². The summed E-state index contributed by atoms with van der Waals surface area (Å²) in [6.45, 7) is 5.21. The molecule has 122 valence electrons. The van der Waals surface area contributed by atoms with Crippen molar-refractivity contribution in [3.05, 3.63) is 36.2 Å². The Kier molecular flexibility index (Phi) is 4.66. The molecule has 0 bridgehead atoms. The third-order valence-corrected chi connectivity index (χ3v) is 3.91. The van der Waals surface area contributed by atoms with E-state index in [1.54, 1.807) is 18.5 Å². The van der Waals surface area contributed by atoms with Crippen LogP contribution in [0.15, 0.2) is 29.0 Å². The second kappa shape index (κ2) is 6.87. The number of rotatable bonds is 5. The van der Waals surface area contributed by atoms with Crippen molar-refractivity contribution in [1.29, 1.82) is 0 Å². The SMILES string of the molecule is CC(C)c1nc([C@@H]2CCCN2CC(=O)Nc2cccnc2)no1. The Balaban J connectivity index is 1.63. The monoisotopic (exact) mass is 315 g/mol. The molecule has 7 heteroatoms.